The molecule has 0 aliphatic rings. The van der Waals surface area contributed by atoms with Crippen molar-refractivity contribution in [3.8, 4) is 0 Å². The molecule has 19 heteroatoms. The lowest BCUT2D eigenvalue weighted by atomic mass is 10.0. The number of esters is 4. The molecule has 0 aliphatic carbocycles. The van der Waals surface area contributed by atoms with Gasteiger partial charge in [-0.2, -0.15) is 0 Å². The average Bonchev–Trinajstić information content (AvgIpc) is 0.910. The Morgan fingerprint density at radius 1 is 0.269 bits per heavy atom. The summed E-state index contributed by atoms with van der Waals surface area (Å²) in [6.07, 6.45) is 82.5. The number of carbonyl (C=O) groups excluding carboxylic acids is 4. The van der Waals surface area contributed by atoms with E-state index in [1.807, 2.05) is 24.3 Å². The van der Waals surface area contributed by atoms with E-state index >= 15 is 0 Å². The maximum absolute atomic E-state index is 13.1. The van der Waals surface area contributed by atoms with Crippen LogP contribution in [0.2, 0.25) is 0 Å². The zero-order chi connectivity index (χ0) is 76.0. The van der Waals surface area contributed by atoms with Crippen molar-refractivity contribution in [2.24, 2.45) is 0 Å². The number of hydrogen-bond acceptors (Lipinski definition) is 15. The van der Waals surface area contributed by atoms with Crippen molar-refractivity contribution in [1.82, 2.24) is 0 Å². The first-order chi connectivity index (χ1) is 50.7. The van der Waals surface area contributed by atoms with Gasteiger partial charge in [0.05, 0.1) is 26.4 Å². The van der Waals surface area contributed by atoms with Crippen LogP contribution in [0.1, 0.15) is 362 Å². The summed E-state index contributed by atoms with van der Waals surface area (Å²) in [6, 6.07) is 0. The van der Waals surface area contributed by atoms with Crippen molar-refractivity contribution in [1.29, 1.82) is 0 Å². The number of aliphatic hydroxyl groups excluding tert-OH is 1. The highest BCUT2D eigenvalue weighted by Crippen LogP contribution is 2.45. The van der Waals surface area contributed by atoms with Crippen LogP contribution < -0.4 is 0 Å². The van der Waals surface area contributed by atoms with Crippen LogP contribution in [0.3, 0.4) is 0 Å². The molecule has 0 radical (unpaired) electrons. The topological polar surface area (TPSA) is 237 Å². The highest BCUT2D eigenvalue weighted by Gasteiger charge is 2.30. The minimum atomic E-state index is -4.99. The minimum Gasteiger partial charge on any atom is -0.462 e. The maximum Gasteiger partial charge on any atom is 0.472 e. The molecule has 3 N–H and O–H groups in total. The minimum absolute atomic E-state index is 0.0205. The van der Waals surface area contributed by atoms with Crippen molar-refractivity contribution in [2.45, 2.75) is 380 Å². The Hall–Kier alpha value is -4.02. The van der Waals surface area contributed by atoms with Crippen LogP contribution in [0.25, 0.3) is 0 Å². The van der Waals surface area contributed by atoms with Crippen LogP contribution in [-0.2, 0) is 65.4 Å². The molecule has 0 amide bonds. The number of phosphoric acid groups is 2. The number of carbonyl (C=O) groups is 4. The van der Waals surface area contributed by atoms with Crippen LogP contribution in [0.5, 0.6) is 0 Å². The number of hydrogen-bond donors (Lipinski definition) is 3. The summed E-state index contributed by atoms with van der Waals surface area (Å²) in [5, 5.41) is 10.6. The summed E-state index contributed by atoms with van der Waals surface area (Å²) in [5.74, 6) is -2.28. The molecule has 0 bridgehead atoms. The Labute approximate surface area is 633 Å². The van der Waals surface area contributed by atoms with Crippen molar-refractivity contribution >= 4 is 39.5 Å². The van der Waals surface area contributed by atoms with Crippen molar-refractivity contribution in [3.63, 3.8) is 0 Å². The van der Waals surface area contributed by atoms with Gasteiger partial charge in [-0.25, -0.2) is 9.13 Å². The molecule has 5 atom stereocenters. The standard InChI is InChI=1S/C85H150O17P2/c1-5-9-13-17-21-25-29-33-36-39-42-46-49-53-57-61-65-69-82(87)95-75-80(101-84(89)71-67-63-59-55-51-45-32-28-24-20-16-12-8-4)77-99-103(91,92)97-73-79(86)74-98-104(93,94)100-78-81(102-85(90)72-68-64-60-56-52-48-44-41-38-35-31-27-23-19-15-11-7-3)76-96-83(88)70-66-62-58-54-50-47-43-40-37-34-30-26-22-18-14-10-6-2/h21,23,25,27,33,35-36,38,42,44,46,48,53,56-57,60,79-81,86H,5-20,22,24,26,28-32,34,37,39-41,43,45,47,49-52,54-55,58-59,61-78H2,1-4H3,(H,91,92)(H,93,94)/b25-21-,27-23-,36-33-,38-35-,46-42-,48-44-,57-53-,60-56-/t79-,80+,81+/m0/s1. The molecule has 104 heavy (non-hydrogen) atoms. The molecular formula is C85H150O17P2. The van der Waals surface area contributed by atoms with Gasteiger partial charge in [-0.1, -0.05) is 330 Å². The summed E-state index contributed by atoms with van der Waals surface area (Å²) in [4.78, 5) is 73.0. The van der Waals surface area contributed by atoms with Gasteiger partial charge in [-0.05, 0) is 103 Å². The van der Waals surface area contributed by atoms with Crippen LogP contribution in [-0.4, -0.2) is 96.7 Å². The molecule has 0 spiro atoms. The number of unbranched alkanes of at least 4 members (excludes halogenated alkanes) is 36. The van der Waals surface area contributed by atoms with Gasteiger partial charge in [0.15, 0.2) is 12.2 Å². The van der Waals surface area contributed by atoms with Crippen LogP contribution in [0, 0.1) is 0 Å². The normalized spacial score (nSPS) is 14.3. The molecule has 0 aromatic rings. The monoisotopic (exact) mass is 1510 g/mol. The lowest BCUT2D eigenvalue weighted by molar-refractivity contribution is -0.161. The van der Waals surface area contributed by atoms with Gasteiger partial charge in [0, 0.05) is 25.7 Å². The Balaban J connectivity index is 5.42. The molecule has 602 valence electrons. The molecule has 0 rings (SSSR count). The zero-order valence-corrected chi connectivity index (χ0v) is 67.7. The number of aliphatic hydroxyl groups is 1. The fourth-order valence-corrected chi connectivity index (χ4v) is 12.8. The number of rotatable bonds is 78. The zero-order valence-electron chi connectivity index (χ0n) is 65.9. The Bertz CT molecular complexity index is 2350. The predicted molar refractivity (Wildman–Crippen MR) is 427 cm³/mol. The van der Waals surface area contributed by atoms with E-state index < -0.39 is 97.5 Å². The smallest absolute Gasteiger partial charge is 0.462 e. The third-order valence-electron chi connectivity index (χ3n) is 17.6. The van der Waals surface area contributed by atoms with E-state index in [1.165, 1.54) is 173 Å². The molecule has 17 nitrogen and oxygen atoms in total. The molecule has 0 saturated carbocycles. The largest absolute Gasteiger partial charge is 0.472 e. The molecular weight excluding hydrogens is 1350 g/mol. The Morgan fingerprint density at radius 3 is 0.769 bits per heavy atom. The van der Waals surface area contributed by atoms with E-state index in [1.54, 1.807) is 0 Å². The number of ether oxygens (including phenoxy) is 4. The summed E-state index contributed by atoms with van der Waals surface area (Å²) < 4.78 is 68.6. The van der Waals surface area contributed by atoms with Gasteiger partial charge < -0.3 is 33.8 Å². The highest BCUT2D eigenvalue weighted by molar-refractivity contribution is 7.47. The summed E-state index contributed by atoms with van der Waals surface area (Å²) >= 11 is 0. The van der Waals surface area contributed by atoms with Crippen molar-refractivity contribution < 1.29 is 80.2 Å². The van der Waals surface area contributed by atoms with Crippen molar-refractivity contribution in [2.75, 3.05) is 39.6 Å². The second-order valence-corrected chi connectivity index (χ2v) is 30.6. The van der Waals surface area contributed by atoms with Crippen molar-refractivity contribution in [3.05, 3.63) is 97.2 Å². The lowest BCUT2D eigenvalue weighted by Crippen LogP contribution is -2.30. The van der Waals surface area contributed by atoms with E-state index in [2.05, 4.69) is 101 Å². The lowest BCUT2D eigenvalue weighted by Gasteiger charge is -2.21. The first kappa shape index (κ1) is 100.0. The van der Waals surface area contributed by atoms with Gasteiger partial charge in [0.25, 0.3) is 0 Å². The molecule has 0 aromatic carbocycles. The average molecular weight is 1510 g/mol. The second-order valence-electron chi connectivity index (χ2n) is 27.7. The maximum atomic E-state index is 13.1. The van der Waals surface area contributed by atoms with Crippen LogP contribution >= 0.6 is 15.6 Å². The first-order valence-electron chi connectivity index (χ1n) is 41.5. The van der Waals surface area contributed by atoms with E-state index in [-0.39, 0.29) is 25.7 Å². The number of allylic oxidation sites excluding steroid dienone is 16. The van der Waals surface area contributed by atoms with E-state index in [9.17, 15) is 43.2 Å². The third-order valence-corrected chi connectivity index (χ3v) is 19.5. The Morgan fingerprint density at radius 2 is 0.481 bits per heavy atom. The van der Waals surface area contributed by atoms with Gasteiger partial charge >= 0.3 is 39.5 Å². The summed E-state index contributed by atoms with van der Waals surface area (Å²) in [6.45, 7) is 4.76. The molecule has 0 fully saturated rings. The molecule has 0 saturated heterocycles. The SMILES string of the molecule is CCCCC/C=C\C/C=C\C/C=C\C/C=C\CCCC(=O)OC[C@H](COP(=O)(O)OC[C@H](O)COP(=O)(O)OC[C@@H](COC(=O)CCCCCCCCCCCCCCCCCCC)OC(=O)CCC/C=C\C/C=C\C/C=C\C/C=C\CCCCC)OC(=O)CCCCCCCCCCCCCCC. The van der Waals surface area contributed by atoms with E-state index in [0.29, 0.717) is 38.5 Å². The summed E-state index contributed by atoms with van der Waals surface area (Å²) in [5.41, 5.74) is 0. The third kappa shape index (κ3) is 76.2. The van der Waals surface area contributed by atoms with Gasteiger partial charge in [-0.15, -0.1) is 0 Å². The molecule has 2 unspecified atom stereocenters. The highest BCUT2D eigenvalue weighted by atomic mass is 31.2. The summed E-state index contributed by atoms with van der Waals surface area (Å²) in [7, 11) is -9.98. The van der Waals surface area contributed by atoms with E-state index in [4.69, 9.17) is 37.0 Å². The molecule has 0 aromatic heterocycles. The first-order valence-corrected chi connectivity index (χ1v) is 44.5. The van der Waals surface area contributed by atoms with Crippen LogP contribution in [0.15, 0.2) is 97.2 Å². The van der Waals surface area contributed by atoms with Gasteiger partial charge in [0.2, 0.25) is 0 Å². The van der Waals surface area contributed by atoms with Crippen LogP contribution in [0.4, 0.5) is 0 Å². The predicted octanol–water partition coefficient (Wildman–Crippen LogP) is 24.3. The fourth-order valence-electron chi connectivity index (χ4n) is 11.2. The van der Waals surface area contributed by atoms with E-state index in [0.717, 1.165) is 96.3 Å². The van der Waals surface area contributed by atoms with Gasteiger partial charge in [0.1, 0.15) is 19.3 Å². The van der Waals surface area contributed by atoms with Gasteiger partial charge in [-0.3, -0.25) is 37.3 Å². The fraction of sp³-hybridized carbons (Fsp3) is 0.765. The quantitative estimate of drug-likeness (QED) is 0.0169. The molecule has 0 heterocycles. The molecule has 0 aliphatic heterocycles. The Kier molecular flexibility index (Phi) is 74.2. The second kappa shape index (κ2) is 77.1. The number of phosphoric ester groups is 2.